The predicted molar refractivity (Wildman–Crippen MR) is 61.6 cm³/mol. The van der Waals surface area contributed by atoms with Gasteiger partial charge in [-0.25, -0.2) is 0 Å². The number of rotatable bonds is 3. The third kappa shape index (κ3) is 2.15. The molecule has 2 aliphatic rings. The van der Waals surface area contributed by atoms with Gasteiger partial charge in [0, 0.05) is 0 Å². The van der Waals surface area contributed by atoms with Gasteiger partial charge in [-0.1, -0.05) is 30.3 Å². The minimum Gasteiger partial charge on any atom is -0.387 e. The van der Waals surface area contributed by atoms with Gasteiger partial charge in [-0.2, -0.15) is 0 Å². The van der Waals surface area contributed by atoms with Crippen LogP contribution in [-0.2, 0) is 20.8 Å². The van der Waals surface area contributed by atoms with E-state index in [9.17, 15) is 10.2 Å². The highest BCUT2D eigenvalue weighted by Gasteiger charge is 2.50. The third-order valence-electron chi connectivity index (χ3n) is 3.35. The zero-order valence-corrected chi connectivity index (χ0v) is 9.81. The first kappa shape index (κ1) is 12.1. The number of benzene rings is 1. The molecule has 2 aliphatic heterocycles. The fraction of sp³-hybridized carbons (Fsp3) is 0.538. The van der Waals surface area contributed by atoms with E-state index < -0.39 is 24.6 Å². The van der Waals surface area contributed by atoms with Crippen molar-refractivity contribution in [3.63, 3.8) is 0 Å². The molecule has 0 aliphatic carbocycles. The maximum Gasteiger partial charge on any atom is 0.186 e. The Morgan fingerprint density at radius 3 is 2.72 bits per heavy atom. The molecule has 5 heteroatoms. The summed E-state index contributed by atoms with van der Waals surface area (Å²) < 4.78 is 16.3. The molecule has 2 saturated heterocycles. The molecule has 98 valence electrons. The lowest BCUT2D eigenvalue weighted by molar-refractivity contribution is -0.240. The first-order chi connectivity index (χ1) is 8.75. The van der Waals surface area contributed by atoms with E-state index in [4.69, 9.17) is 14.2 Å². The van der Waals surface area contributed by atoms with E-state index in [1.54, 1.807) is 0 Å². The van der Waals surface area contributed by atoms with Crippen molar-refractivity contribution in [2.75, 3.05) is 6.61 Å². The van der Waals surface area contributed by atoms with E-state index in [1.807, 2.05) is 30.3 Å². The van der Waals surface area contributed by atoms with Crippen molar-refractivity contribution >= 4 is 0 Å². The molecule has 3 rings (SSSR count). The van der Waals surface area contributed by atoms with Crippen molar-refractivity contribution in [3.8, 4) is 0 Å². The lowest BCUT2D eigenvalue weighted by Gasteiger charge is -2.35. The molecule has 5 atom stereocenters. The van der Waals surface area contributed by atoms with Crippen molar-refractivity contribution < 1.29 is 24.4 Å². The van der Waals surface area contributed by atoms with Gasteiger partial charge in [-0.05, 0) is 5.56 Å². The van der Waals surface area contributed by atoms with Crippen LogP contribution in [0.1, 0.15) is 5.56 Å². The summed E-state index contributed by atoms with van der Waals surface area (Å²) in [6.45, 7) is 0.720. The van der Waals surface area contributed by atoms with Gasteiger partial charge in [0.05, 0.1) is 13.2 Å². The standard InChI is InChI=1S/C13H16O5/c14-10-11(15)13-17-7-9(18-13)12(10)16-6-8-4-2-1-3-5-8/h1-5,9-15H,6-7H2/t9-,10-,11-,12-,13-/m1/s1. The summed E-state index contributed by atoms with van der Waals surface area (Å²) in [6, 6.07) is 9.67. The molecular formula is C13H16O5. The molecular weight excluding hydrogens is 236 g/mol. The van der Waals surface area contributed by atoms with Crippen LogP contribution in [-0.4, -0.2) is 47.5 Å². The Kier molecular flexibility index (Phi) is 3.32. The van der Waals surface area contributed by atoms with Crippen LogP contribution < -0.4 is 0 Å². The van der Waals surface area contributed by atoms with Crippen molar-refractivity contribution in [2.24, 2.45) is 0 Å². The Labute approximate surface area is 105 Å². The van der Waals surface area contributed by atoms with Crippen LogP contribution >= 0.6 is 0 Å². The van der Waals surface area contributed by atoms with Gasteiger partial charge in [-0.3, -0.25) is 0 Å². The van der Waals surface area contributed by atoms with Crippen LogP contribution in [0.5, 0.6) is 0 Å². The van der Waals surface area contributed by atoms with Gasteiger partial charge < -0.3 is 24.4 Å². The second kappa shape index (κ2) is 4.95. The van der Waals surface area contributed by atoms with E-state index in [0.717, 1.165) is 5.56 Å². The van der Waals surface area contributed by atoms with Gasteiger partial charge in [0.2, 0.25) is 0 Å². The summed E-state index contributed by atoms with van der Waals surface area (Å²) in [5.41, 5.74) is 1.01. The molecule has 18 heavy (non-hydrogen) atoms. The van der Waals surface area contributed by atoms with Crippen LogP contribution in [0.15, 0.2) is 30.3 Å². The Hall–Kier alpha value is -0.980. The summed E-state index contributed by atoms with van der Waals surface area (Å²) in [7, 11) is 0. The van der Waals surface area contributed by atoms with Gasteiger partial charge in [-0.15, -0.1) is 0 Å². The summed E-state index contributed by atoms with van der Waals surface area (Å²) >= 11 is 0. The molecule has 1 aromatic carbocycles. The maximum absolute atomic E-state index is 9.96. The molecule has 0 amide bonds. The molecule has 2 N–H and O–H groups in total. The zero-order chi connectivity index (χ0) is 12.5. The highest BCUT2D eigenvalue weighted by molar-refractivity contribution is 5.13. The molecule has 0 spiro atoms. The Morgan fingerprint density at radius 1 is 1.17 bits per heavy atom. The monoisotopic (exact) mass is 252 g/mol. The summed E-state index contributed by atoms with van der Waals surface area (Å²) in [5, 5.41) is 19.7. The Balaban J connectivity index is 1.65. The third-order valence-corrected chi connectivity index (χ3v) is 3.35. The summed E-state index contributed by atoms with van der Waals surface area (Å²) in [4.78, 5) is 0. The van der Waals surface area contributed by atoms with Crippen LogP contribution in [0.25, 0.3) is 0 Å². The fourth-order valence-corrected chi connectivity index (χ4v) is 2.34. The fourth-order valence-electron chi connectivity index (χ4n) is 2.34. The first-order valence-corrected chi connectivity index (χ1v) is 6.04. The zero-order valence-electron chi connectivity index (χ0n) is 9.81. The number of ether oxygens (including phenoxy) is 3. The minimum absolute atomic E-state index is 0.308. The Morgan fingerprint density at radius 2 is 1.94 bits per heavy atom. The molecule has 0 unspecified atom stereocenters. The van der Waals surface area contributed by atoms with Gasteiger partial charge >= 0.3 is 0 Å². The molecule has 5 nitrogen and oxygen atoms in total. The van der Waals surface area contributed by atoms with E-state index in [1.165, 1.54) is 0 Å². The van der Waals surface area contributed by atoms with Crippen molar-refractivity contribution in [1.82, 2.24) is 0 Å². The van der Waals surface area contributed by atoms with Gasteiger partial charge in [0.1, 0.15) is 24.4 Å². The predicted octanol–water partition coefficient (Wildman–Crippen LogP) is 0.0487. The van der Waals surface area contributed by atoms with E-state index in [-0.39, 0.29) is 6.10 Å². The molecule has 0 radical (unpaired) electrons. The van der Waals surface area contributed by atoms with Crippen LogP contribution in [0.3, 0.4) is 0 Å². The lowest BCUT2D eigenvalue weighted by atomic mass is 10.0. The topological polar surface area (TPSA) is 68.2 Å². The molecule has 2 bridgehead atoms. The Bertz CT molecular complexity index is 396. The maximum atomic E-state index is 9.96. The van der Waals surface area contributed by atoms with Crippen molar-refractivity contribution in [2.45, 2.75) is 37.3 Å². The second-order valence-corrected chi connectivity index (χ2v) is 4.62. The molecule has 1 aromatic rings. The van der Waals surface area contributed by atoms with E-state index >= 15 is 0 Å². The largest absolute Gasteiger partial charge is 0.387 e. The second-order valence-electron chi connectivity index (χ2n) is 4.62. The minimum atomic E-state index is -1.05. The summed E-state index contributed by atoms with van der Waals surface area (Å²) in [6.07, 6.45) is -3.61. The normalized spacial score (nSPS) is 38.9. The van der Waals surface area contributed by atoms with Gasteiger partial charge in [0.15, 0.2) is 6.29 Å². The highest BCUT2D eigenvalue weighted by Crippen LogP contribution is 2.30. The van der Waals surface area contributed by atoms with Crippen LogP contribution in [0.2, 0.25) is 0 Å². The summed E-state index contributed by atoms with van der Waals surface area (Å²) in [5.74, 6) is 0. The number of aliphatic hydroxyl groups is 2. The van der Waals surface area contributed by atoms with Crippen LogP contribution in [0, 0.1) is 0 Å². The molecule has 0 saturated carbocycles. The smallest absolute Gasteiger partial charge is 0.186 e. The first-order valence-electron chi connectivity index (χ1n) is 6.04. The van der Waals surface area contributed by atoms with E-state index in [2.05, 4.69) is 0 Å². The van der Waals surface area contributed by atoms with Crippen molar-refractivity contribution in [3.05, 3.63) is 35.9 Å². The average molecular weight is 252 g/mol. The molecule has 0 aromatic heterocycles. The quantitative estimate of drug-likeness (QED) is 0.795. The van der Waals surface area contributed by atoms with Gasteiger partial charge in [0.25, 0.3) is 0 Å². The highest BCUT2D eigenvalue weighted by atomic mass is 16.7. The number of hydrogen-bond acceptors (Lipinski definition) is 5. The average Bonchev–Trinajstić information content (AvgIpc) is 2.84. The number of aliphatic hydroxyl groups excluding tert-OH is 2. The molecule has 2 heterocycles. The number of hydrogen-bond donors (Lipinski definition) is 2. The van der Waals surface area contributed by atoms with E-state index in [0.29, 0.717) is 13.2 Å². The molecule has 2 fully saturated rings. The SMILES string of the molecule is O[C@@H]1[C@@H](O)[C@@H]2OC[C@@H](O2)[C@H]1OCc1ccccc1. The number of fused-ring (bicyclic) bond motifs is 2. The lowest BCUT2D eigenvalue weighted by Crippen LogP contribution is -2.54. The van der Waals surface area contributed by atoms with Crippen LogP contribution in [0.4, 0.5) is 0 Å². The van der Waals surface area contributed by atoms with Crippen molar-refractivity contribution in [1.29, 1.82) is 0 Å².